The molecular weight excluding hydrogens is 500 g/mol. The first-order valence-electron chi connectivity index (χ1n) is 13.5. The predicted molar refractivity (Wildman–Crippen MR) is 148 cm³/mol. The number of hydrogen-bond donors (Lipinski definition) is 3. The summed E-state index contributed by atoms with van der Waals surface area (Å²) >= 11 is 0. The Bertz CT molecular complexity index is 1340. The molecule has 0 spiro atoms. The fraction of sp³-hybridized carbons (Fsp3) is 0.552. The number of aryl methyl sites for hydroxylation is 1. The summed E-state index contributed by atoms with van der Waals surface area (Å²) in [6, 6.07) is 6.97. The van der Waals surface area contributed by atoms with Crippen LogP contribution in [0.25, 0.3) is 22.4 Å². The Labute approximate surface area is 228 Å². The number of benzene rings is 1. The SMILES string of the molecule is COCC(C)OC(=O)[C@@H](NCc1ccc2c(c1)nc(-c1c[nH]c(=O)c(C)c1)n2CC1CCOCC1)C(C)(C)O. The molecular formula is C29H40N4O6. The molecule has 0 saturated carbocycles. The van der Waals surface area contributed by atoms with Crippen molar-refractivity contribution in [2.75, 3.05) is 26.9 Å². The number of pyridine rings is 1. The highest BCUT2D eigenvalue weighted by Crippen LogP contribution is 2.29. The van der Waals surface area contributed by atoms with Gasteiger partial charge in [-0.25, -0.2) is 4.98 Å². The van der Waals surface area contributed by atoms with E-state index in [0.717, 1.165) is 60.6 Å². The summed E-state index contributed by atoms with van der Waals surface area (Å²) in [7, 11) is 1.54. The second-order valence-corrected chi connectivity index (χ2v) is 11.0. The summed E-state index contributed by atoms with van der Waals surface area (Å²) in [6.45, 7) is 9.61. The Kier molecular flexibility index (Phi) is 9.22. The van der Waals surface area contributed by atoms with Crippen LogP contribution < -0.4 is 10.9 Å². The number of imidazole rings is 1. The van der Waals surface area contributed by atoms with Gasteiger partial charge in [0, 0.05) is 50.7 Å². The number of esters is 1. The third-order valence-corrected chi connectivity index (χ3v) is 7.11. The van der Waals surface area contributed by atoms with Crippen LogP contribution in [0, 0.1) is 12.8 Å². The Morgan fingerprint density at radius 1 is 1.31 bits per heavy atom. The van der Waals surface area contributed by atoms with Crippen LogP contribution in [0.4, 0.5) is 0 Å². The first-order chi connectivity index (χ1) is 18.6. The van der Waals surface area contributed by atoms with E-state index < -0.39 is 23.7 Å². The molecule has 3 heterocycles. The molecule has 1 aromatic carbocycles. The number of methoxy groups -OCH3 is 1. The van der Waals surface area contributed by atoms with Crippen LogP contribution in [0.3, 0.4) is 0 Å². The Hall–Kier alpha value is -3.05. The van der Waals surface area contributed by atoms with E-state index in [9.17, 15) is 14.7 Å². The number of carbonyl (C=O) groups is 1. The topological polar surface area (TPSA) is 128 Å². The third kappa shape index (κ3) is 7.13. The van der Waals surface area contributed by atoms with Gasteiger partial charge in [-0.3, -0.25) is 14.9 Å². The molecule has 4 rings (SSSR count). The van der Waals surface area contributed by atoms with Gasteiger partial charge in [0.25, 0.3) is 5.56 Å². The average molecular weight is 541 g/mol. The standard InChI is InChI=1S/C29H40N4O6/c1-18-12-22(15-31-27(18)34)26-32-23-13-21(6-7-24(23)33(26)16-20-8-10-38-11-9-20)14-30-25(29(3,4)36)28(35)39-19(2)17-37-5/h6-7,12-13,15,19-20,25,30,36H,8-11,14,16-17H2,1-5H3,(H,31,34)/t19?,25-/m1/s1. The highest BCUT2D eigenvalue weighted by molar-refractivity contribution is 5.81. The van der Waals surface area contributed by atoms with Gasteiger partial charge in [0.05, 0.1) is 23.2 Å². The molecule has 1 aliphatic rings. The van der Waals surface area contributed by atoms with Crippen LogP contribution in [0.5, 0.6) is 0 Å². The molecule has 1 aliphatic heterocycles. The van der Waals surface area contributed by atoms with Crippen LogP contribution in [0.15, 0.2) is 35.3 Å². The van der Waals surface area contributed by atoms with Crippen LogP contribution in [-0.4, -0.2) is 70.3 Å². The smallest absolute Gasteiger partial charge is 0.326 e. The lowest BCUT2D eigenvalue weighted by Crippen LogP contribution is -2.53. The van der Waals surface area contributed by atoms with Gasteiger partial charge in [-0.1, -0.05) is 6.07 Å². The summed E-state index contributed by atoms with van der Waals surface area (Å²) < 4.78 is 18.3. The molecule has 212 valence electrons. The van der Waals surface area contributed by atoms with Gasteiger partial charge in [-0.2, -0.15) is 0 Å². The van der Waals surface area contributed by atoms with Gasteiger partial charge >= 0.3 is 5.97 Å². The molecule has 0 amide bonds. The van der Waals surface area contributed by atoms with E-state index in [1.54, 1.807) is 41.0 Å². The van der Waals surface area contributed by atoms with Crippen LogP contribution in [-0.2, 0) is 32.1 Å². The van der Waals surface area contributed by atoms with E-state index in [2.05, 4.69) is 14.9 Å². The number of fused-ring (bicyclic) bond motifs is 1. The molecule has 0 bridgehead atoms. The lowest BCUT2D eigenvalue weighted by atomic mass is 9.98. The summed E-state index contributed by atoms with van der Waals surface area (Å²) in [5, 5.41) is 13.8. The molecule has 2 aromatic heterocycles. The van der Waals surface area contributed by atoms with Crippen molar-refractivity contribution in [3.8, 4) is 11.4 Å². The van der Waals surface area contributed by atoms with E-state index in [0.29, 0.717) is 18.0 Å². The third-order valence-electron chi connectivity index (χ3n) is 7.11. The minimum Gasteiger partial charge on any atom is -0.459 e. The zero-order valence-electron chi connectivity index (χ0n) is 23.5. The predicted octanol–water partition coefficient (Wildman–Crippen LogP) is 2.93. The summed E-state index contributed by atoms with van der Waals surface area (Å²) in [5.74, 6) is 0.731. The lowest BCUT2D eigenvalue weighted by molar-refractivity contribution is -0.159. The van der Waals surface area contributed by atoms with Crippen molar-refractivity contribution in [3.63, 3.8) is 0 Å². The van der Waals surface area contributed by atoms with Crippen LogP contribution >= 0.6 is 0 Å². The van der Waals surface area contributed by atoms with Gasteiger partial charge in [0.1, 0.15) is 18.0 Å². The van der Waals surface area contributed by atoms with Crippen molar-refractivity contribution in [1.29, 1.82) is 0 Å². The summed E-state index contributed by atoms with van der Waals surface area (Å²) in [5.41, 5.74) is 2.75. The minimum atomic E-state index is -1.34. The lowest BCUT2D eigenvalue weighted by Gasteiger charge is -2.29. The molecule has 10 nitrogen and oxygen atoms in total. The number of nitrogens with zero attached hydrogens (tertiary/aromatic N) is 2. The second-order valence-electron chi connectivity index (χ2n) is 11.0. The number of nitrogens with one attached hydrogen (secondary N) is 2. The number of hydrogen-bond acceptors (Lipinski definition) is 8. The Morgan fingerprint density at radius 3 is 2.72 bits per heavy atom. The number of aliphatic hydroxyl groups is 1. The number of aromatic nitrogens is 3. The Balaban J connectivity index is 1.62. The van der Waals surface area contributed by atoms with Crippen LogP contribution in [0.2, 0.25) is 0 Å². The van der Waals surface area contributed by atoms with E-state index in [-0.39, 0.29) is 12.2 Å². The number of ether oxygens (including phenoxy) is 3. The quantitative estimate of drug-likeness (QED) is 0.317. The van der Waals surface area contributed by atoms with E-state index in [1.165, 1.54) is 0 Å². The number of aromatic amines is 1. The maximum Gasteiger partial charge on any atom is 0.326 e. The molecule has 0 aliphatic carbocycles. The molecule has 1 saturated heterocycles. The van der Waals surface area contributed by atoms with Gasteiger partial charge in [-0.15, -0.1) is 0 Å². The molecule has 0 radical (unpaired) electrons. The van der Waals surface area contributed by atoms with Gasteiger partial charge in [0.15, 0.2) is 0 Å². The number of carbonyl (C=O) groups excluding carboxylic acids is 1. The maximum atomic E-state index is 12.8. The monoisotopic (exact) mass is 540 g/mol. The van der Waals surface area contributed by atoms with Gasteiger partial charge < -0.3 is 28.9 Å². The minimum absolute atomic E-state index is 0.115. The zero-order valence-corrected chi connectivity index (χ0v) is 23.5. The molecule has 3 N–H and O–H groups in total. The van der Waals surface area contributed by atoms with Crippen molar-refractivity contribution in [2.24, 2.45) is 5.92 Å². The van der Waals surface area contributed by atoms with Crippen molar-refractivity contribution in [1.82, 2.24) is 19.9 Å². The number of H-pyrrole nitrogens is 1. The fourth-order valence-electron chi connectivity index (χ4n) is 4.98. The normalized spacial score (nSPS) is 16.4. The zero-order chi connectivity index (χ0) is 28.2. The highest BCUT2D eigenvalue weighted by atomic mass is 16.6. The molecule has 1 unspecified atom stereocenters. The molecule has 1 fully saturated rings. The molecule has 39 heavy (non-hydrogen) atoms. The first kappa shape index (κ1) is 28.9. The van der Waals surface area contributed by atoms with Crippen molar-refractivity contribution in [2.45, 2.75) is 71.4 Å². The largest absolute Gasteiger partial charge is 0.459 e. The Morgan fingerprint density at radius 2 is 2.05 bits per heavy atom. The van der Waals surface area contributed by atoms with E-state index >= 15 is 0 Å². The molecule has 2 atom stereocenters. The van der Waals surface area contributed by atoms with Crippen molar-refractivity contribution >= 4 is 17.0 Å². The first-order valence-corrected chi connectivity index (χ1v) is 13.5. The van der Waals surface area contributed by atoms with Gasteiger partial charge in [-0.05, 0) is 70.2 Å². The number of rotatable bonds is 11. The average Bonchev–Trinajstić information content (AvgIpc) is 3.23. The second kappa shape index (κ2) is 12.4. The molecule has 10 heteroatoms. The summed E-state index contributed by atoms with van der Waals surface area (Å²) in [6.07, 6.45) is 3.26. The van der Waals surface area contributed by atoms with Crippen LogP contribution in [0.1, 0.15) is 44.7 Å². The van der Waals surface area contributed by atoms with Crippen molar-refractivity contribution < 1.29 is 24.1 Å². The highest BCUT2D eigenvalue weighted by Gasteiger charge is 2.35. The fourth-order valence-corrected chi connectivity index (χ4v) is 4.98. The summed E-state index contributed by atoms with van der Waals surface area (Å²) in [4.78, 5) is 32.6. The van der Waals surface area contributed by atoms with E-state index in [4.69, 9.17) is 19.2 Å². The maximum absolute atomic E-state index is 12.8. The molecule has 3 aromatic rings. The van der Waals surface area contributed by atoms with Crippen molar-refractivity contribution in [3.05, 3.63) is 51.9 Å². The van der Waals surface area contributed by atoms with Gasteiger partial charge in [0.2, 0.25) is 0 Å². The van der Waals surface area contributed by atoms with E-state index in [1.807, 2.05) is 24.3 Å².